The van der Waals surface area contributed by atoms with Gasteiger partial charge in [0.1, 0.15) is 12.4 Å². The summed E-state index contributed by atoms with van der Waals surface area (Å²) in [5.41, 5.74) is 1.95. The number of nitrogens with zero attached hydrogens (tertiary/aromatic N) is 1. The Labute approximate surface area is 177 Å². The molecule has 2 aromatic rings. The van der Waals surface area contributed by atoms with Crippen molar-refractivity contribution in [2.24, 2.45) is 4.99 Å². The molecule has 0 saturated carbocycles. The molecule has 30 heavy (non-hydrogen) atoms. The average Bonchev–Trinajstić information content (AvgIpc) is 3.18. The molecule has 0 spiro atoms. The van der Waals surface area contributed by atoms with Gasteiger partial charge in [-0.05, 0) is 36.8 Å². The molecule has 6 heteroatoms. The third-order valence-electron chi connectivity index (χ3n) is 4.88. The van der Waals surface area contributed by atoms with E-state index in [2.05, 4.69) is 16.9 Å². The summed E-state index contributed by atoms with van der Waals surface area (Å²) in [7, 11) is 0. The highest BCUT2D eigenvalue weighted by molar-refractivity contribution is 6.00. The van der Waals surface area contributed by atoms with Crippen LogP contribution in [0.15, 0.2) is 66.2 Å². The maximum atomic E-state index is 13.0. The molecule has 0 bridgehead atoms. The van der Waals surface area contributed by atoms with Gasteiger partial charge in [-0.1, -0.05) is 35.9 Å². The lowest BCUT2D eigenvalue weighted by Gasteiger charge is -2.21. The Hall–Kier alpha value is -3.12. The minimum absolute atomic E-state index is 0.0973. The first-order valence-electron chi connectivity index (χ1n) is 10.1. The lowest BCUT2D eigenvalue weighted by Crippen LogP contribution is -2.46. The van der Waals surface area contributed by atoms with E-state index in [0.29, 0.717) is 37.6 Å². The van der Waals surface area contributed by atoms with Crippen molar-refractivity contribution in [1.82, 2.24) is 5.32 Å². The van der Waals surface area contributed by atoms with Crippen LogP contribution in [0.2, 0.25) is 0 Å². The van der Waals surface area contributed by atoms with Crippen molar-refractivity contribution in [2.75, 3.05) is 19.8 Å². The van der Waals surface area contributed by atoms with Crippen LogP contribution < -0.4 is 10.1 Å². The van der Waals surface area contributed by atoms with Crippen LogP contribution in [-0.4, -0.2) is 42.3 Å². The molecular weight excluding hydrogens is 380 g/mol. The molecule has 0 aromatic heterocycles. The number of hydrogen-bond donors (Lipinski definition) is 2. The lowest BCUT2D eigenvalue weighted by molar-refractivity contribution is -0.126. The monoisotopic (exact) mass is 408 g/mol. The molecular formula is C24H28N2O4. The van der Waals surface area contributed by atoms with E-state index in [1.54, 1.807) is 6.08 Å². The highest BCUT2D eigenvalue weighted by Gasteiger charge is 2.43. The topological polar surface area (TPSA) is 80.2 Å². The van der Waals surface area contributed by atoms with Crippen molar-refractivity contribution in [3.05, 3.63) is 77.9 Å². The molecule has 2 N–H and O–H groups in total. The number of aliphatic hydroxyl groups is 1. The number of aliphatic hydroxyl groups excluding tert-OH is 1. The van der Waals surface area contributed by atoms with E-state index in [1.165, 1.54) is 0 Å². The molecule has 1 heterocycles. The SMILES string of the molecule is C=CC[C@]1(C(=O)NCc2cccc(C)c2)COC(c2ccc(OCCCO)cc2)=N1. The van der Waals surface area contributed by atoms with Gasteiger partial charge in [0, 0.05) is 31.6 Å². The summed E-state index contributed by atoms with van der Waals surface area (Å²) < 4.78 is 11.4. The smallest absolute Gasteiger partial charge is 0.252 e. The molecule has 0 fully saturated rings. The maximum Gasteiger partial charge on any atom is 0.252 e. The van der Waals surface area contributed by atoms with Crippen molar-refractivity contribution in [2.45, 2.75) is 31.8 Å². The number of hydrogen-bond acceptors (Lipinski definition) is 5. The second kappa shape index (κ2) is 10.1. The minimum atomic E-state index is -1.02. The van der Waals surface area contributed by atoms with E-state index in [9.17, 15) is 4.79 Å². The molecule has 1 aliphatic heterocycles. The van der Waals surface area contributed by atoms with Crippen LogP contribution in [0.4, 0.5) is 0 Å². The van der Waals surface area contributed by atoms with Gasteiger partial charge in [-0.3, -0.25) is 4.79 Å². The summed E-state index contributed by atoms with van der Waals surface area (Å²) in [6.45, 7) is 6.97. The zero-order chi connectivity index (χ0) is 21.4. The van der Waals surface area contributed by atoms with Crippen molar-refractivity contribution >= 4 is 11.8 Å². The number of benzene rings is 2. The number of carbonyl (C=O) groups is 1. The summed E-state index contributed by atoms with van der Waals surface area (Å²) in [4.78, 5) is 17.7. The standard InChI is InChI=1S/C24H28N2O4/c1-3-12-24(23(28)25-16-19-7-4-6-18(2)15-19)17-30-22(26-24)20-8-10-21(11-9-20)29-14-5-13-27/h3-4,6-11,15,27H,1,5,12-14,16-17H2,2H3,(H,25,28)/t24-/m1/s1. The first-order valence-corrected chi connectivity index (χ1v) is 10.1. The van der Waals surface area contributed by atoms with Crippen LogP contribution in [0, 0.1) is 6.92 Å². The van der Waals surface area contributed by atoms with Gasteiger partial charge in [0.15, 0.2) is 5.54 Å². The van der Waals surface area contributed by atoms with Gasteiger partial charge in [-0.2, -0.15) is 0 Å². The summed E-state index contributed by atoms with van der Waals surface area (Å²) in [6.07, 6.45) is 2.66. The molecule has 6 nitrogen and oxygen atoms in total. The molecule has 1 amide bonds. The molecule has 2 aromatic carbocycles. The number of nitrogens with one attached hydrogen (secondary N) is 1. The number of amides is 1. The Morgan fingerprint density at radius 2 is 2.13 bits per heavy atom. The van der Waals surface area contributed by atoms with E-state index < -0.39 is 5.54 Å². The van der Waals surface area contributed by atoms with Crippen LogP contribution in [0.5, 0.6) is 5.75 Å². The number of aryl methyl sites for hydroxylation is 1. The lowest BCUT2D eigenvalue weighted by atomic mass is 9.96. The Bertz CT molecular complexity index is 908. The van der Waals surface area contributed by atoms with E-state index in [1.807, 2.05) is 55.5 Å². The first kappa shape index (κ1) is 21.6. The molecule has 3 rings (SSSR count). The fourth-order valence-electron chi connectivity index (χ4n) is 3.26. The highest BCUT2D eigenvalue weighted by atomic mass is 16.5. The Balaban J connectivity index is 1.70. The minimum Gasteiger partial charge on any atom is -0.494 e. The molecule has 0 aliphatic carbocycles. The summed E-state index contributed by atoms with van der Waals surface area (Å²) in [5.74, 6) is 0.964. The van der Waals surface area contributed by atoms with Crippen molar-refractivity contribution in [3.8, 4) is 5.75 Å². The molecule has 0 radical (unpaired) electrons. The maximum absolute atomic E-state index is 13.0. The largest absolute Gasteiger partial charge is 0.494 e. The Kier molecular flexibility index (Phi) is 7.25. The van der Waals surface area contributed by atoms with Gasteiger partial charge >= 0.3 is 0 Å². The Morgan fingerprint density at radius 1 is 1.33 bits per heavy atom. The second-order valence-electron chi connectivity index (χ2n) is 7.35. The van der Waals surface area contributed by atoms with Crippen molar-refractivity contribution in [1.29, 1.82) is 0 Å². The van der Waals surface area contributed by atoms with Crippen LogP contribution in [0.3, 0.4) is 0 Å². The number of ether oxygens (including phenoxy) is 2. The zero-order valence-corrected chi connectivity index (χ0v) is 17.3. The fourth-order valence-corrected chi connectivity index (χ4v) is 3.26. The highest BCUT2D eigenvalue weighted by Crippen LogP contribution is 2.27. The molecule has 158 valence electrons. The second-order valence-corrected chi connectivity index (χ2v) is 7.35. The third-order valence-corrected chi connectivity index (χ3v) is 4.88. The van der Waals surface area contributed by atoms with Gasteiger partial charge in [-0.25, -0.2) is 4.99 Å². The van der Waals surface area contributed by atoms with Crippen LogP contribution in [-0.2, 0) is 16.1 Å². The molecule has 1 aliphatic rings. The third kappa shape index (κ3) is 5.27. The molecule has 0 unspecified atom stereocenters. The average molecular weight is 408 g/mol. The molecule has 1 atom stereocenters. The summed E-state index contributed by atoms with van der Waals surface area (Å²) >= 11 is 0. The normalized spacial score (nSPS) is 17.7. The van der Waals surface area contributed by atoms with Crippen LogP contribution in [0.1, 0.15) is 29.5 Å². The van der Waals surface area contributed by atoms with E-state index in [-0.39, 0.29) is 19.1 Å². The Morgan fingerprint density at radius 3 is 2.83 bits per heavy atom. The van der Waals surface area contributed by atoms with Gasteiger partial charge in [-0.15, -0.1) is 6.58 Å². The summed E-state index contributed by atoms with van der Waals surface area (Å²) in [6, 6.07) is 15.4. The van der Waals surface area contributed by atoms with Gasteiger partial charge < -0.3 is 19.9 Å². The van der Waals surface area contributed by atoms with Gasteiger partial charge in [0.25, 0.3) is 5.91 Å². The van der Waals surface area contributed by atoms with Gasteiger partial charge in [0.05, 0.1) is 6.61 Å². The van der Waals surface area contributed by atoms with E-state index in [0.717, 1.165) is 16.7 Å². The first-order chi connectivity index (χ1) is 14.6. The van der Waals surface area contributed by atoms with E-state index >= 15 is 0 Å². The van der Waals surface area contributed by atoms with Gasteiger partial charge in [0.2, 0.25) is 5.90 Å². The van der Waals surface area contributed by atoms with Crippen LogP contribution in [0.25, 0.3) is 0 Å². The number of rotatable bonds is 10. The quantitative estimate of drug-likeness (QED) is 0.467. The summed E-state index contributed by atoms with van der Waals surface area (Å²) in [5, 5.41) is 11.8. The number of carbonyl (C=O) groups excluding carboxylic acids is 1. The molecule has 0 saturated heterocycles. The predicted molar refractivity (Wildman–Crippen MR) is 117 cm³/mol. The number of aliphatic imine (C=N–C) groups is 1. The van der Waals surface area contributed by atoms with Crippen LogP contribution >= 0.6 is 0 Å². The fraction of sp³-hybridized carbons (Fsp3) is 0.333. The predicted octanol–water partition coefficient (Wildman–Crippen LogP) is 3.16. The zero-order valence-electron chi connectivity index (χ0n) is 17.3. The van der Waals surface area contributed by atoms with Crippen molar-refractivity contribution in [3.63, 3.8) is 0 Å². The van der Waals surface area contributed by atoms with Crippen molar-refractivity contribution < 1.29 is 19.4 Å². The van der Waals surface area contributed by atoms with E-state index in [4.69, 9.17) is 14.6 Å².